The summed E-state index contributed by atoms with van der Waals surface area (Å²) >= 11 is 0. The lowest BCUT2D eigenvalue weighted by Gasteiger charge is -2.11. The highest BCUT2D eigenvalue weighted by molar-refractivity contribution is 5.79. The summed E-state index contributed by atoms with van der Waals surface area (Å²) in [5, 5.41) is 10.8. The maximum absolute atomic E-state index is 12.2. The topological polar surface area (TPSA) is 85.5 Å². The summed E-state index contributed by atoms with van der Waals surface area (Å²) in [6.07, 6.45) is 3.93. The first-order valence-electron chi connectivity index (χ1n) is 7.86. The van der Waals surface area contributed by atoms with Gasteiger partial charge in [-0.15, -0.1) is 0 Å². The Kier molecular flexibility index (Phi) is 6.45. The fraction of sp³-hybridized carbons (Fsp3) is 0.786. The van der Waals surface area contributed by atoms with Gasteiger partial charge in [0.2, 0.25) is 0 Å². The average Bonchev–Trinajstić information content (AvgIpc) is 2.86. The molecule has 2 heterocycles. The molecule has 0 radical (unpaired) electrons. The molecule has 2 N–H and O–H groups in total. The molecule has 0 spiro atoms. The van der Waals surface area contributed by atoms with Crippen molar-refractivity contribution in [3.8, 4) is 0 Å². The van der Waals surface area contributed by atoms with Gasteiger partial charge >= 0.3 is 5.69 Å². The fourth-order valence-corrected chi connectivity index (χ4v) is 2.52. The van der Waals surface area contributed by atoms with Crippen molar-refractivity contribution in [3.05, 3.63) is 16.3 Å². The fourth-order valence-electron chi connectivity index (χ4n) is 2.52. The molecule has 124 valence electrons. The van der Waals surface area contributed by atoms with E-state index in [1.165, 1.54) is 0 Å². The van der Waals surface area contributed by atoms with Gasteiger partial charge < -0.3 is 15.4 Å². The molecule has 8 heteroatoms. The predicted molar refractivity (Wildman–Crippen MR) is 85.3 cm³/mol. The van der Waals surface area contributed by atoms with Gasteiger partial charge in [-0.05, 0) is 19.3 Å². The van der Waals surface area contributed by atoms with Crippen molar-refractivity contribution in [2.45, 2.75) is 38.8 Å². The molecule has 0 unspecified atom stereocenters. The first kappa shape index (κ1) is 16.5. The Bertz CT molecular complexity index is 548. The van der Waals surface area contributed by atoms with Gasteiger partial charge in [-0.25, -0.2) is 9.48 Å². The number of rotatable bonds is 7. The van der Waals surface area contributed by atoms with Crippen molar-refractivity contribution in [2.24, 2.45) is 4.99 Å². The van der Waals surface area contributed by atoms with Gasteiger partial charge in [-0.3, -0.25) is 9.56 Å². The van der Waals surface area contributed by atoms with Crippen molar-refractivity contribution < 1.29 is 4.74 Å². The molecule has 1 aliphatic rings. The van der Waals surface area contributed by atoms with Gasteiger partial charge in [0, 0.05) is 46.8 Å². The standard InChI is InChI=1S/C14H26N6O2/c1-15-13(17-8-11-22-2)16-7-5-10-20-14(21)19-9-4-3-6-12(19)18-20/h3-11H2,1-2H3,(H2,15,16,17). The third-order valence-electron chi connectivity index (χ3n) is 3.69. The van der Waals surface area contributed by atoms with Crippen LogP contribution in [0.15, 0.2) is 9.79 Å². The quantitative estimate of drug-likeness (QED) is 0.406. The molecule has 0 bridgehead atoms. The molecular formula is C14H26N6O2. The van der Waals surface area contributed by atoms with Gasteiger partial charge in [0.1, 0.15) is 5.82 Å². The number of nitrogens with one attached hydrogen (secondary N) is 2. The third-order valence-corrected chi connectivity index (χ3v) is 3.69. The van der Waals surface area contributed by atoms with Crippen LogP contribution in [0.4, 0.5) is 0 Å². The minimum atomic E-state index is 0.0253. The number of aryl methyl sites for hydroxylation is 2. The molecule has 0 atom stereocenters. The van der Waals surface area contributed by atoms with E-state index < -0.39 is 0 Å². The van der Waals surface area contributed by atoms with E-state index in [1.54, 1.807) is 18.8 Å². The van der Waals surface area contributed by atoms with Crippen LogP contribution in [-0.4, -0.2) is 54.2 Å². The summed E-state index contributed by atoms with van der Waals surface area (Å²) in [5.74, 6) is 1.68. The smallest absolute Gasteiger partial charge is 0.345 e. The second-order valence-electron chi connectivity index (χ2n) is 5.30. The first-order valence-corrected chi connectivity index (χ1v) is 7.86. The first-order chi connectivity index (χ1) is 10.8. The van der Waals surface area contributed by atoms with E-state index in [4.69, 9.17) is 4.74 Å². The number of methoxy groups -OCH3 is 1. The Morgan fingerprint density at radius 3 is 2.91 bits per heavy atom. The van der Waals surface area contributed by atoms with Crippen molar-refractivity contribution >= 4 is 5.96 Å². The van der Waals surface area contributed by atoms with Crippen molar-refractivity contribution in [1.82, 2.24) is 25.0 Å². The van der Waals surface area contributed by atoms with E-state index in [-0.39, 0.29) is 5.69 Å². The Hall–Kier alpha value is -1.83. The SMILES string of the molecule is CN=C(NCCCn1nc2n(c1=O)CCCC2)NCCOC. The van der Waals surface area contributed by atoms with Crippen LogP contribution in [0.1, 0.15) is 25.1 Å². The maximum atomic E-state index is 12.2. The zero-order valence-electron chi connectivity index (χ0n) is 13.5. The highest BCUT2D eigenvalue weighted by atomic mass is 16.5. The van der Waals surface area contributed by atoms with Crippen molar-refractivity contribution in [3.63, 3.8) is 0 Å². The minimum absolute atomic E-state index is 0.0253. The number of hydrogen-bond acceptors (Lipinski definition) is 4. The molecule has 0 amide bonds. The van der Waals surface area contributed by atoms with Gasteiger partial charge in [-0.1, -0.05) is 0 Å². The molecule has 0 saturated heterocycles. The normalized spacial score (nSPS) is 14.7. The Balaban J connectivity index is 1.75. The number of hydrogen-bond donors (Lipinski definition) is 2. The summed E-state index contributed by atoms with van der Waals surface area (Å²) in [7, 11) is 3.40. The van der Waals surface area contributed by atoms with Crippen molar-refractivity contribution in [2.75, 3.05) is 33.9 Å². The second kappa shape index (κ2) is 8.57. The highest BCUT2D eigenvalue weighted by Gasteiger charge is 2.16. The van der Waals surface area contributed by atoms with E-state index >= 15 is 0 Å². The lowest BCUT2D eigenvalue weighted by molar-refractivity contribution is 0.203. The molecule has 8 nitrogen and oxygen atoms in total. The summed E-state index contributed by atoms with van der Waals surface area (Å²) < 4.78 is 8.37. The molecule has 1 aliphatic heterocycles. The van der Waals surface area contributed by atoms with Crippen molar-refractivity contribution in [1.29, 1.82) is 0 Å². The predicted octanol–water partition coefficient (Wildman–Crippen LogP) is -0.417. The molecule has 0 aliphatic carbocycles. The van der Waals surface area contributed by atoms with E-state index in [2.05, 4.69) is 20.7 Å². The van der Waals surface area contributed by atoms with E-state index in [0.29, 0.717) is 19.7 Å². The molecule has 1 aromatic rings. The third kappa shape index (κ3) is 4.33. The minimum Gasteiger partial charge on any atom is -0.383 e. The van der Waals surface area contributed by atoms with E-state index in [9.17, 15) is 4.79 Å². The van der Waals surface area contributed by atoms with Crippen LogP contribution in [0, 0.1) is 0 Å². The molecule has 0 aromatic carbocycles. The summed E-state index contributed by atoms with van der Waals surface area (Å²) in [6.45, 7) is 3.52. The Labute approximate surface area is 130 Å². The van der Waals surface area contributed by atoms with Crippen LogP contribution in [0.5, 0.6) is 0 Å². The highest BCUT2D eigenvalue weighted by Crippen LogP contribution is 2.09. The van der Waals surface area contributed by atoms with Gasteiger partial charge in [-0.2, -0.15) is 5.10 Å². The number of guanidine groups is 1. The van der Waals surface area contributed by atoms with Gasteiger partial charge in [0.15, 0.2) is 5.96 Å². The Morgan fingerprint density at radius 2 is 2.18 bits per heavy atom. The number of fused-ring (bicyclic) bond motifs is 1. The molecule has 0 fully saturated rings. The number of aromatic nitrogens is 3. The summed E-state index contributed by atoms with van der Waals surface area (Å²) in [5.41, 5.74) is 0.0253. The zero-order valence-corrected chi connectivity index (χ0v) is 13.5. The van der Waals surface area contributed by atoms with Crippen LogP contribution in [0.3, 0.4) is 0 Å². The lowest BCUT2D eigenvalue weighted by Crippen LogP contribution is -2.39. The van der Waals surface area contributed by atoms with Gasteiger partial charge in [0.05, 0.1) is 6.61 Å². The van der Waals surface area contributed by atoms with Crippen LogP contribution in [-0.2, 0) is 24.2 Å². The zero-order chi connectivity index (χ0) is 15.8. The molecule has 1 aromatic heterocycles. The average molecular weight is 310 g/mol. The second-order valence-corrected chi connectivity index (χ2v) is 5.30. The van der Waals surface area contributed by atoms with E-state index in [1.807, 2.05) is 4.57 Å². The molecule has 0 saturated carbocycles. The number of aliphatic imine (C=N–C) groups is 1. The monoisotopic (exact) mass is 310 g/mol. The largest absolute Gasteiger partial charge is 0.383 e. The maximum Gasteiger partial charge on any atom is 0.345 e. The molecule has 2 rings (SSSR count). The molecular weight excluding hydrogens is 284 g/mol. The lowest BCUT2D eigenvalue weighted by atomic mass is 10.2. The van der Waals surface area contributed by atoms with Crippen LogP contribution in [0.2, 0.25) is 0 Å². The van der Waals surface area contributed by atoms with Crippen LogP contribution >= 0.6 is 0 Å². The Morgan fingerprint density at radius 1 is 1.36 bits per heavy atom. The summed E-state index contributed by atoms with van der Waals surface area (Å²) in [4.78, 5) is 16.3. The number of ether oxygens (including phenoxy) is 1. The number of nitrogens with zero attached hydrogens (tertiary/aromatic N) is 4. The van der Waals surface area contributed by atoms with Crippen LogP contribution < -0.4 is 16.3 Å². The summed E-state index contributed by atoms with van der Waals surface area (Å²) in [6, 6.07) is 0. The van der Waals surface area contributed by atoms with Gasteiger partial charge in [0.25, 0.3) is 0 Å². The van der Waals surface area contributed by atoms with E-state index in [0.717, 1.165) is 50.6 Å². The van der Waals surface area contributed by atoms with Crippen LogP contribution in [0.25, 0.3) is 0 Å². The molecule has 22 heavy (non-hydrogen) atoms.